The van der Waals surface area contributed by atoms with E-state index in [0.717, 1.165) is 18.5 Å². The van der Waals surface area contributed by atoms with Gasteiger partial charge < -0.3 is 10.4 Å². The van der Waals surface area contributed by atoms with Crippen LogP contribution in [0.2, 0.25) is 0 Å². The Hall–Kier alpha value is -1.36. The third-order valence-corrected chi connectivity index (χ3v) is 2.15. The third-order valence-electron chi connectivity index (χ3n) is 2.15. The van der Waals surface area contributed by atoms with Gasteiger partial charge in [-0.2, -0.15) is 5.10 Å². The van der Waals surface area contributed by atoms with Crippen LogP contribution in [0.4, 0.5) is 0 Å². The molecule has 1 aromatic rings. The van der Waals surface area contributed by atoms with Gasteiger partial charge >= 0.3 is 5.97 Å². The van der Waals surface area contributed by atoms with Crippen LogP contribution in [0, 0.1) is 0 Å². The molecular formula is C10H17N3O2. The summed E-state index contributed by atoms with van der Waals surface area (Å²) in [6, 6.07) is 0.0131. The van der Waals surface area contributed by atoms with E-state index < -0.39 is 5.97 Å². The molecule has 5 nitrogen and oxygen atoms in total. The molecule has 0 aromatic carbocycles. The molecule has 0 amide bonds. The molecule has 0 aliphatic carbocycles. The zero-order valence-electron chi connectivity index (χ0n) is 9.10. The average Bonchev–Trinajstić information content (AvgIpc) is 2.50. The number of carboxylic acid groups (broad SMARTS) is 1. The minimum Gasteiger partial charge on any atom is -0.481 e. The summed E-state index contributed by atoms with van der Waals surface area (Å²) in [7, 11) is 1.88. The minimum absolute atomic E-state index is 0.0131. The topological polar surface area (TPSA) is 67.2 Å². The monoisotopic (exact) mass is 211 g/mol. The van der Waals surface area contributed by atoms with Crippen LogP contribution >= 0.6 is 0 Å². The van der Waals surface area contributed by atoms with E-state index >= 15 is 0 Å². The summed E-state index contributed by atoms with van der Waals surface area (Å²) in [5.41, 5.74) is 1.16. The fourth-order valence-corrected chi connectivity index (χ4v) is 1.40. The van der Waals surface area contributed by atoms with Crippen LogP contribution < -0.4 is 5.32 Å². The molecule has 0 bridgehead atoms. The molecule has 84 valence electrons. The van der Waals surface area contributed by atoms with Gasteiger partial charge in [0.05, 0.1) is 12.6 Å². The molecule has 15 heavy (non-hydrogen) atoms. The van der Waals surface area contributed by atoms with E-state index in [4.69, 9.17) is 5.11 Å². The number of aromatic nitrogens is 2. The van der Waals surface area contributed by atoms with Crippen LogP contribution in [-0.2, 0) is 18.3 Å². The lowest BCUT2D eigenvalue weighted by atomic mass is 10.2. The van der Waals surface area contributed by atoms with Crippen LogP contribution in [0.15, 0.2) is 12.4 Å². The van der Waals surface area contributed by atoms with Gasteiger partial charge in [0.2, 0.25) is 0 Å². The maximum Gasteiger partial charge on any atom is 0.304 e. The molecule has 0 aliphatic rings. The van der Waals surface area contributed by atoms with E-state index in [9.17, 15) is 4.79 Å². The number of carbonyl (C=O) groups is 1. The van der Waals surface area contributed by atoms with Crippen molar-refractivity contribution in [2.75, 3.05) is 6.54 Å². The Labute approximate surface area is 89.1 Å². The smallest absolute Gasteiger partial charge is 0.304 e. The van der Waals surface area contributed by atoms with Gasteiger partial charge in [-0.15, -0.1) is 0 Å². The Morgan fingerprint density at radius 2 is 2.47 bits per heavy atom. The molecule has 1 heterocycles. The second kappa shape index (κ2) is 5.50. The van der Waals surface area contributed by atoms with Crippen LogP contribution in [0.25, 0.3) is 0 Å². The molecule has 0 aliphatic heterocycles. The minimum atomic E-state index is -0.767. The van der Waals surface area contributed by atoms with Crippen molar-refractivity contribution in [2.45, 2.75) is 25.8 Å². The van der Waals surface area contributed by atoms with E-state index in [1.54, 1.807) is 4.68 Å². The summed E-state index contributed by atoms with van der Waals surface area (Å²) < 4.78 is 1.76. The highest BCUT2D eigenvalue weighted by Crippen LogP contribution is 1.97. The zero-order chi connectivity index (χ0) is 11.3. The molecule has 0 fully saturated rings. The first-order chi connectivity index (χ1) is 7.08. The van der Waals surface area contributed by atoms with Gasteiger partial charge in [-0.05, 0) is 25.5 Å². The summed E-state index contributed by atoms with van der Waals surface area (Å²) in [6.45, 7) is 2.65. The van der Waals surface area contributed by atoms with Gasteiger partial charge in [0.15, 0.2) is 0 Å². The van der Waals surface area contributed by atoms with Crippen molar-refractivity contribution in [1.82, 2.24) is 15.1 Å². The van der Waals surface area contributed by atoms with E-state index in [1.165, 1.54) is 0 Å². The Morgan fingerprint density at radius 1 is 1.73 bits per heavy atom. The van der Waals surface area contributed by atoms with Crippen molar-refractivity contribution in [3.63, 3.8) is 0 Å². The quantitative estimate of drug-likeness (QED) is 0.715. The van der Waals surface area contributed by atoms with Crippen LogP contribution in [0.3, 0.4) is 0 Å². The van der Waals surface area contributed by atoms with Crippen molar-refractivity contribution in [3.8, 4) is 0 Å². The maximum atomic E-state index is 10.4. The summed E-state index contributed by atoms with van der Waals surface area (Å²) in [5, 5.41) is 15.8. The molecule has 1 aromatic heterocycles. The SMILES string of the molecule is CC(CC(=O)O)NCCc1cnn(C)c1. The largest absolute Gasteiger partial charge is 0.481 e. The highest BCUT2D eigenvalue weighted by molar-refractivity contribution is 5.67. The number of hydrogen-bond acceptors (Lipinski definition) is 3. The first kappa shape index (κ1) is 11.7. The van der Waals surface area contributed by atoms with E-state index in [1.807, 2.05) is 26.4 Å². The number of hydrogen-bond donors (Lipinski definition) is 2. The van der Waals surface area contributed by atoms with E-state index in [-0.39, 0.29) is 12.5 Å². The van der Waals surface area contributed by atoms with E-state index in [0.29, 0.717) is 0 Å². The lowest BCUT2D eigenvalue weighted by Gasteiger charge is -2.10. The molecule has 2 N–H and O–H groups in total. The number of rotatable bonds is 6. The van der Waals surface area contributed by atoms with Crippen molar-refractivity contribution in [3.05, 3.63) is 18.0 Å². The standard InChI is InChI=1S/C10H17N3O2/c1-8(5-10(14)15)11-4-3-9-6-12-13(2)7-9/h6-8,11H,3-5H2,1-2H3,(H,14,15). The van der Waals surface area contributed by atoms with Crippen molar-refractivity contribution in [2.24, 2.45) is 7.05 Å². The number of aryl methyl sites for hydroxylation is 1. The highest BCUT2D eigenvalue weighted by atomic mass is 16.4. The normalized spacial score (nSPS) is 12.7. The summed E-state index contributed by atoms with van der Waals surface area (Å²) in [5.74, 6) is -0.767. The lowest BCUT2D eigenvalue weighted by Crippen LogP contribution is -2.30. The highest BCUT2D eigenvalue weighted by Gasteiger charge is 2.06. The molecule has 0 saturated heterocycles. The van der Waals surface area contributed by atoms with Gasteiger partial charge in [0.25, 0.3) is 0 Å². The fraction of sp³-hybridized carbons (Fsp3) is 0.600. The first-order valence-electron chi connectivity index (χ1n) is 5.00. The first-order valence-corrected chi connectivity index (χ1v) is 5.00. The Kier molecular flexibility index (Phi) is 4.30. The molecule has 1 rings (SSSR count). The van der Waals surface area contributed by atoms with Crippen molar-refractivity contribution in [1.29, 1.82) is 0 Å². The second-order valence-electron chi connectivity index (χ2n) is 3.73. The number of nitrogens with one attached hydrogen (secondary N) is 1. The number of carboxylic acids is 1. The summed E-state index contributed by atoms with van der Waals surface area (Å²) in [6.07, 6.45) is 4.82. The third kappa shape index (κ3) is 4.60. The molecule has 1 atom stereocenters. The number of nitrogens with zero attached hydrogens (tertiary/aromatic N) is 2. The van der Waals surface area contributed by atoms with Gasteiger partial charge in [0.1, 0.15) is 0 Å². The van der Waals surface area contributed by atoms with Crippen LogP contribution in [-0.4, -0.2) is 33.4 Å². The zero-order valence-corrected chi connectivity index (χ0v) is 9.10. The maximum absolute atomic E-state index is 10.4. The Morgan fingerprint density at radius 3 is 3.00 bits per heavy atom. The predicted molar refractivity (Wildman–Crippen MR) is 56.6 cm³/mol. The summed E-state index contributed by atoms with van der Waals surface area (Å²) >= 11 is 0. The Balaban J connectivity index is 2.18. The van der Waals surface area contributed by atoms with Gasteiger partial charge in [-0.3, -0.25) is 9.48 Å². The average molecular weight is 211 g/mol. The second-order valence-corrected chi connectivity index (χ2v) is 3.73. The van der Waals surface area contributed by atoms with Gasteiger partial charge in [0, 0.05) is 19.3 Å². The lowest BCUT2D eigenvalue weighted by molar-refractivity contribution is -0.137. The Bertz CT molecular complexity index is 322. The fourth-order valence-electron chi connectivity index (χ4n) is 1.40. The van der Waals surface area contributed by atoms with E-state index in [2.05, 4.69) is 10.4 Å². The van der Waals surface area contributed by atoms with Crippen molar-refractivity contribution < 1.29 is 9.90 Å². The molecule has 0 saturated carbocycles. The van der Waals surface area contributed by atoms with Gasteiger partial charge in [-0.25, -0.2) is 0 Å². The molecule has 5 heteroatoms. The molecule has 0 radical (unpaired) electrons. The van der Waals surface area contributed by atoms with Crippen LogP contribution in [0.5, 0.6) is 0 Å². The number of aliphatic carboxylic acids is 1. The summed E-state index contributed by atoms with van der Waals surface area (Å²) in [4.78, 5) is 10.4. The molecular weight excluding hydrogens is 194 g/mol. The van der Waals surface area contributed by atoms with Gasteiger partial charge in [-0.1, -0.05) is 0 Å². The predicted octanol–water partition coefficient (Wildman–Crippen LogP) is 0.415. The van der Waals surface area contributed by atoms with Crippen molar-refractivity contribution >= 4 is 5.97 Å². The molecule has 0 spiro atoms. The van der Waals surface area contributed by atoms with Crippen LogP contribution in [0.1, 0.15) is 18.9 Å². The molecule has 1 unspecified atom stereocenters.